The summed E-state index contributed by atoms with van der Waals surface area (Å²) in [6.45, 7) is 7.36. The maximum atomic E-state index is 11.7. The fourth-order valence-corrected chi connectivity index (χ4v) is 1.93. The van der Waals surface area contributed by atoms with E-state index in [0.29, 0.717) is 18.7 Å². The minimum atomic E-state index is -0.0615. The maximum Gasteiger partial charge on any atom is 0.251 e. The number of amides is 1. The van der Waals surface area contributed by atoms with Crippen LogP contribution in [0.15, 0.2) is 24.3 Å². The van der Waals surface area contributed by atoms with E-state index >= 15 is 0 Å². The van der Waals surface area contributed by atoms with Crippen molar-refractivity contribution in [2.75, 3.05) is 31.1 Å². The first kappa shape index (κ1) is 22.3. The van der Waals surface area contributed by atoms with E-state index in [-0.39, 0.29) is 30.7 Å². The number of nitrogens with zero attached hydrogens (tertiary/aromatic N) is 1. The van der Waals surface area contributed by atoms with Crippen molar-refractivity contribution in [1.82, 2.24) is 5.32 Å². The third kappa shape index (κ3) is 7.55. The van der Waals surface area contributed by atoms with Crippen LogP contribution in [0.25, 0.3) is 0 Å². The van der Waals surface area contributed by atoms with Crippen molar-refractivity contribution in [3.8, 4) is 0 Å². The molecular formula is C15H27Cl2N3O. The van der Waals surface area contributed by atoms with E-state index in [1.807, 2.05) is 24.3 Å². The Balaban J connectivity index is 0. The van der Waals surface area contributed by atoms with Crippen LogP contribution in [-0.4, -0.2) is 32.1 Å². The number of hydrogen-bond donors (Lipinski definition) is 2. The molecule has 122 valence electrons. The number of rotatable bonds is 8. The van der Waals surface area contributed by atoms with Gasteiger partial charge >= 0.3 is 0 Å². The number of halogens is 2. The molecule has 21 heavy (non-hydrogen) atoms. The Morgan fingerprint density at radius 3 is 2.29 bits per heavy atom. The van der Waals surface area contributed by atoms with Crippen LogP contribution in [0.3, 0.4) is 0 Å². The molecule has 6 heteroatoms. The number of unbranched alkanes of at least 4 members (excludes halogenated alkanes) is 1. The summed E-state index contributed by atoms with van der Waals surface area (Å²) in [4.78, 5) is 14.1. The van der Waals surface area contributed by atoms with Gasteiger partial charge in [0, 0.05) is 37.4 Å². The molecule has 0 saturated carbocycles. The van der Waals surface area contributed by atoms with Gasteiger partial charge in [0.15, 0.2) is 0 Å². The third-order valence-electron chi connectivity index (χ3n) is 3.09. The first-order valence-corrected chi connectivity index (χ1v) is 7.06. The summed E-state index contributed by atoms with van der Waals surface area (Å²) in [6.07, 6.45) is 2.38. The van der Waals surface area contributed by atoms with Crippen LogP contribution in [0.1, 0.15) is 37.0 Å². The molecule has 0 atom stereocenters. The van der Waals surface area contributed by atoms with Crippen molar-refractivity contribution in [2.24, 2.45) is 5.73 Å². The highest BCUT2D eigenvalue weighted by atomic mass is 35.5. The molecule has 0 aromatic heterocycles. The minimum absolute atomic E-state index is 0. The van der Waals surface area contributed by atoms with Crippen LogP contribution >= 0.6 is 24.8 Å². The Labute approximate surface area is 140 Å². The molecule has 1 aromatic carbocycles. The Morgan fingerprint density at radius 2 is 1.81 bits per heavy atom. The molecule has 1 amide bonds. The molecule has 0 fully saturated rings. The van der Waals surface area contributed by atoms with Crippen molar-refractivity contribution in [1.29, 1.82) is 0 Å². The summed E-state index contributed by atoms with van der Waals surface area (Å²) in [5.41, 5.74) is 7.22. The first-order chi connectivity index (χ1) is 9.22. The standard InChI is InChI=1S/C15H25N3O.2ClH/c1-3-5-12-18(4-2)14-8-6-13(7-9-14)15(19)17-11-10-16;;/h6-9H,3-5,10-12,16H2,1-2H3,(H,17,19);2*1H. The molecule has 0 bridgehead atoms. The van der Waals surface area contributed by atoms with Crippen molar-refractivity contribution >= 4 is 36.4 Å². The van der Waals surface area contributed by atoms with Crippen LogP contribution in [0.4, 0.5) is 5.69 Å². The molecule has 1 aromatic rings. The Bertz CT molecular complexity index is 385. The van der Waals surface area contributed by atoms with Crippen molar-refractivity contribution in [2.45, 2.75) is 26.7 Å². The molecule has 0 radical (unpaired) electrons. The van der Waals surface area contributed by atoms with Crippen molar-refractivity contribution in [3.05, 3.63) is 29.8 Å². The van der Waals surface area contributed by atoms with Gasteiger partial charge in [-0.3, -0.25) is 4.79 Å². The van der Waals surface area contributed by atoms with Gasteiger partial charge in [0.1, 0.15) is 0 Å². The van der Waals surface area contributed by atoms with Crippen LogP contribution < -0.4 is 16.0 Å². The quantitative estimate of drug-likeness (QED) is 0.767. The van der Waals surface area contributed by atoms with Crippen LogP contribution in [0.2, 0.25) is 0 Å². The first-order valence-electron chi connectivity index (χ1n) is 7.06. The second-order valence-electron chi connectivity index (χ2n) is 4.52. The molecule has 0 saturated heterocycles. The van der Waals surface area contributed by atoms with Gasteiger partial charge in [0.2, 0.25) is 0 Å². The van der Waals surface area contributed by atoms with Gasteiger partial charge in [-0.15, -0.1) is 24.8 Å². The summed E-state index contributed by atoms with van der Waals surface area (Å²) in [5.74, 6) is -0.0615. The summed E-state index contributed by atoms with van der Waals surface area (Å²) < 4.78 is 0. The van der Waals surface area contributed by atoms with Crippen molar-refractivity contribution in [3.63, 3.8) is 0 Å². The normalized spacial score (nSPS) is 9.29. The average Bonchev–Trinajstić information content (AvgIpc) is 2.46. The van der Waals surface area contributed by atoms with E-state index in [9.17, 15) is 4.79 Å². The molecule has 0 unspecified atom stereocenters. The zero-order valence-electron chi connectivity index (χ0n) is 12.8. The second-order valence-corrected chi connectivity index (χ2v) is 4.52. The zero-order chi connectivity index (χ0) is 14.1. The van der Waals surface area contributed by atoms with Gasteiger partial charge in [0.05, 0.1) is 0 Å². The largest absolute Gasteiger partial charge is 0.372 e. The van der Waals surface area contributed by atoms with Gasteiger partial charge in [-0.2, -0.15) is 0 Å². The number of carbonyl (C=O) groups is 1. The van der Waals surface area contributed by atoms with E-state index < -0.39 is 0 Å². The maximum absolute atomic E-state index is 11.7. The molecule has 0 spiro atoms. The third-order valence-corrected chi connectivity index (χ3v) is 3.09. The average molecular weight is 336 g/mol. The molecule has 1 rings (SSSR count). The highest BCUT2D eigenvalue weighted by Gasteiger charge is 2.07. The van der Waals surface area contributed by atoms with Crippen molar-refractivity contribution < 1.29 is 4.79 Å². The van der Waals surface area contributed by atoms with Gasteiger partial charge < -0.3 is 16.0 Å². The predicted molar refractivity (Wildman–Crippen MR) is 95.1 cm³/mol. The number of anilines is 1. The van der Waals surface area contributed by atoms with Crippen LogP contribution in [0.5, 0.6) is 0 Å². The lowest BCUT2D eigenvalue weighted by Crippen LogP contribution is -2.29. The van der Waals surface area contributed by atoms with E-state index in [1.54, 1.807) is 0 Å². The summed E-state index contributed by atoms with van der Waals surface area (Å²) in [7, 11) is 0. The monoisotopic (exact) mass is 335 g/mol. The topological polar surface area (TPSA) is 58.4 Å². The summed E-state index contributed by atoms with van der Waals surface area (Å²) in [6, 6.07) is 7.76. The number of hydrogen-bond acceptors (Lipinski definition) is 3. The molecular weight excluding hydrogens is 309 g/mol. The number of nitrogens with one attached hydrogen (secondary N) is 1. The smallest absolute Gasteiger partial charge is 0.251 e. The molecule has 4 nitrogen and oxygen atoms in total. The molecule has 0 aliphatic heterocycles. The van der Waals surface area contributed by atoms with E-state index in [0.717, 1.165) is 13.1 Å². The van der Waals surface area contributed by atoms with Gasteiger partial charge in [-0.1, -0.05) is 13.3 Å². The number of nitrogens with two attached hydrogens (primary N) is 1. The summed E-state index contributed by atoms with van der Waals surface area (Å²) >= 11 is 0. The molecule has 3 N–H and O–H groups in total. The molecule has 0 aliphatic carbocycles. The highest BCUT2D eigenvalue weighted by molar-refractivity contribution is 5.94. The lowest BCUT2D eigenvalue weighted by Gasteiger charge is -2.23. The fraction of sp³-hybridized carbons (Fsp3) is 0.533. The molecule has 0 aliphatic rings. The zero-order valence-corrected chi connectivity index (χ0v) is 14.4. The second kappa shape index (κ2) is 12.7. The Morgan fingerprint density at radius 1 is 1.19 bits per heavy atom. The highest BCUT2D eigenvalue weighted by Crippen LogP contribution is 2.15. The minimum Gasteiger partial charge on any atom is -0.372 e. The predicted octanol–water partition coefficient (Wildman–Crippen LogP) is 2.85. The van der Waals surface area contributed by atoms with Gasteiger partial charge in [-0.25, -0.2) is 0 Å². The lowest BCUT2D eigenvalue weighted by molar-refractivity contribution is 0.0955. The number of carbonyl (C=O) groups excluding carboxylic acids is 1. The van der Waals surface area contributed by atoms with Gasteiger partial charge in [-0.05, 0) is 37.6 Å². The SMILES string of the molecule is CCCCN(CC)c1ccc(C(=O)NCCN)cc1.Cl.Cl. The lowest BCUT2D eigenvalue weighted by atomic mass is 10.1. The molecule has 0 heterocycles. The Hall–Kier alpha value is -0.970. The van der Waals surface area contributed by atoms with E-state index in [1.165, 1.54) is 18.5 Å². The van der Waals surface area contributed by atoms with Crippen LogP contribution in [0, 0.1) is 0 Å². The van der Waals surface area contributed by atoms with Gasteiger partial charge in [0.25, 0.3) is 5.91 Å². The van der Waals surface area contributed by atoms with Crippen LogP contribution in [-0.2, 0) is 0 Å². The fourth-order valence-electron chi connectivity index (χ4n) is 1.93. The summed E-state index contributed by atoms with van der Waals surface area (Å²) in [5, 5.41) is 2.77. The number of benzene rings is 1. The van der Waals surface area contributed by atoms with E-state index in [2.05, 4.69) is 24.1 Å². The van der Waals surface area contributed by atoms with E-state index in [4.69, 9.17) is 5.73 Å². The Kier molecular flexibility index (Phi) is 13.5.